The molecule has 2 aromatic rings. The summed E-state index contributed by atoms with van der Waals surface area (Å²) in [5.74, 6) is 0.714. The lowest BCUT2D eigenvalue weighted by Crippen LogP contribution is -2.24. The van der Waals surface area contributed by atoms with Crippen molar-refractivity contribution in [1.82, 2.24) is 5.43 Å². The molecule has 0 aliphatic carbocycles. The van der Waals surface area contributed by atoms with E-state index in [1.165, 1.54) is 6.21 Å². The second kappa shape index (κ2) is 9.38. The molecule has 0 fully saturated rings. The lowest BCUT2D eigenvalue weighted by atomic mass is 10.2. The average Bonchev–Trinajstić information content (AvgIpc) is 2.62. The molecule has 0 saturated carbocycles. The normalized spacial score (nSPS) is 11.7. The molecule has 0 amide bonds. The lowest BCUT2D eigenvalue weighted by Gasteiger charge is -2.12. The summed E-state index contributed by atoms with van der Waals surface area (Å²) in [6.45, 7) is 0. The molecule has 4 nitrogen and oxygen atoms in total. The highest BCUT2D eigenvalue weighted by Gasteiger charge is 2.31. The molecule has 0 spiro atoms. The van der Waals surface area contributed by atoms with E-state index >= 15 is 0 Å². The van der Waals surface area contributed by atoms with Gasteiger partial charge in [0, 0.05) is 11.8 Å². The van der Waals surface area contributed by atoms with Crippen LogP contribution in [0.4, 0.5) is 18.9 Å². The van der Waals surface area contributed by atoms with E-state index in [1.807, 2.05) is 24.3 Å². The van der Waals surface area contributed by atoms with Crippen molar-refractivity contribution in [1.29, 1.82) is 0 Å². The number of hydrogen-bond donors (Lipinski definition) is 2. The SMILES string of the molecule is COc1ccccc1/C=C/C=N/NC(=S)Nc1cc(C(F)(F)F)ccc1Cl. The highest BCUT2D eigenvalue weighted by atomic mass is 35.5. The zero-order valence-electron chi connectivity index (χ0n) is 14.0. The number of halogens is 4. The number of hydrogen-bond acceptors (Lipinski definition) is 3. The molecule has 0 atom stereocenters. The maximum absolute atomic E-state index is 12.8. The van der Waals surface area contributed by atoms with Gasteiger partial charge in [-0.25, -0.2) is 0 Å². The van der Waals surface area contributed by atoms with Crippen LogP contribution in [0, 0.1) is 0 Å². The Balaban J connectivity index is 1.95. The molecular weight excluding hydrogens is 399 g/mol. The van der Waals surface area contributed by atoms with Crippen molar-refractivity contribution < 1.29 is 17.9 Å². The summed E-state index contributed by atoms with van der Waals surface area (Å²) in [7, 11) is 1.57. The Hall–Kier alpha value is -2.58. The molecule has 0 unspecified atom stereocenters. The summed E-state index contributed by atoms with van der Waals surface area (Å²) < 4.78 is 43.5. The number of thiocarbonyl (C=S) groups is 1. The van der Waals surface area contributed by atoms with E-state index in [0.717, 1.165) is 23.8 Å². The summed E-state index contributed by atoms with van der Waals surface area (Å²) in [5.41, 5.74) is 2.56. The zero-order chi connectivity index (χ0) is 19.9. The Morgan fingerprint density at radius 2 is 1.96 bits per heavy atom. The summed E-state index contributed by atoms with van der Waals surface area (Å²) in [6, 6.07) is 10.3. The van der Waals surface area contributed by atoms with Gasteiger partial charge in [0.2, 0.25) is 0 Å². The number of nitrogens with one attached hydrogen (secondary N) is 2. The Kier molecular flexibility index (Phi) is 7.20. The van der Waals surface area contributed by atoms with Crippen LogP contribution in [0.1, 0.15) is 11.1 Å². The number of ether oxygens (including phenoxy) is 1. The first-order chi connectivity index (χ1) is 12.8. The van der Waals surface area contributed by atoms with E-state index in [1.54, 1.807) is 19.3 Å². The molecule has 0 aliphatic heterocycles. The van der Waals surface area contributed by atoms with E-state index in [-0.39, 0.29) is 15.8 Å². The number of allylic oxidation sites excluding steroid dienone is 1. The fraction of sp³-hybridized carbons (Fsp3) is 0.111. The number of anilines is 1. The van der Waals surface area contributed by atoms with Crippen molar-refractivity contribution in [2.75, 3.05) is 12.4 Å². The van der Waals surface area contributed by atoms with E-state index < -0.39 is 11.7 Å². The number of methoxy groups -OCH3 is 1. The molecule has 0 heterocycles. The van der Waals surface area contributed by atoms with Gasteiger partial charge in [0.05, 0.1) is 23.4 Å². The van der Waals surface area contributed by atoms with Gasteiger partial charge in [-0.1, -0.05) is 29.8 Å². The molecule has 27 heavy (non-hydrogen) atoms. The minimum Gasteiger partial charge on any atom is -0.496 e. The summed E-state index contributed by atoms with van der Waals surface area (Å²) in [5, 5.41) is 6.55. The number of alkyl halides is 3. The van der Waals surface area contributed by atoms with E-state index in [4.69, 9.17) is 28.6 Å². The van der Waals surface area contributed by atoms with Crippen LogP contribution >= 0.6 is 23.8 Å². The third kappa shape index (κ3) is 6.26. The van der Waals surface area contributed by atoms with Crippen LogP contribution in [0.15, 0.2) is 53.6 Å². The highest BCUT2D eigenvalue weighted by Crippen LogP contribution is 2.33. The summed E-state index contributed by atoms with van der Waals surface area (Å²) in [6.07, 6.45) is 0.403. The van der Waals surface area contributed by atoms with Gasteiger partial charge in [-0.05, 0) is 48.6 Å². The zero-order valence-corrected chi connectivity index (χ0v) is 15.6. The molecule has 0 bridgehead atoms. The molecule has 9 heteroatoms. The molecule has 0 aromatic heterocycles. The predicted molar refractivity (Wildman–Crippen MR) is 106 cm³/mol. The second-order valence-corrected chi connectivity index (χ2v) is 5.95. The van der Waals surface area contributed by atoms with Crippen molar-refractivity contribution in [3.63, 3.8) is 0 Å². The molecule has 2 N–H and O–H groups in total. The van der Waals surface area contributed by atoms with E-state index in [0.29, 0.717) is 5.75 Å². The van der Waals surface area contributed by atoms with Gasteiger partial charge in [-0.15, -0.1) is 0 Å². The van der Waals surface area contributed by atoms with Crippen molar-refractivity contribution >= 4 is 46.9 Å². The number of benzene rings is 2. The molecule has 2 rings (SSSR count). The Morgan fingerprint density at radius 1 is 1.22 bits per heavy atom. The third-order valence-electron chi connectivity index (χ3n) is 3.28. The largest absolute Gasteiger partial charge is 0.496 e. The fourth-order valence-electron chi connectivity index (χ4n) is 2.04. The monoisotopic (exact) mass is 413 g/mol. The molecule has 2 aromatic carbocycles. The fourth-order valence-corrected chi connectivity index (χ4v) is 2.36. The molecule has 0 radical (unpaired) electrons. The van der Waals surface area contributed by atoms with E-state index in [9.17, 15) is 13.2 Å². The van der Waals surface area contributed by atoms with Crippen molar-refractivity contribution in [2.24, 2.45) is 5.10 Å². The van der Waals surface area contributed by atoms with Crippen LogP contribution < -0.4 is 15.5 Å². The number of hydrazone groups is 1. The number of nitrogens with zero attached hydrogens (tertiary/aromatic N) is 1. The van der Waals surface area contributed by atoms with Crippen molar-refractivity contribution in [2.45, 2.75) is 6.18 Å². The Bertz CT molecular complexity index is 869. The van der Waals surface area contributed by atoms with Crippen molar-refractivity contribution in [3.05, 3.63) is 64.7 Å². The predicted octanol–water partition coefficient (Wildman–Crippen LogP) is 5.35. The smallest absolute Gasteiger partial charge is 0.416 e. The Labute approximate surface area is 164 Å². The summed E-state index contributed by atoms with van der Waals surface area (Å²) in [4.78, 5) is 0. The average molecular weight is 414 g/mol. The lowest BCUT2D eigenvalue weighted by molar-refractivity contribution is -0.137. The second-order valence-electron chi connectivity index (χ2n) is 5.14. The van der Waals surface area contributed by atoms with Crippen LogP contribution in [0.25, 0.3) is 6.08 Å². The first-order valence-electron chi connectivity index (χ1n) is 7.57. The van der Waals surface area contributed by atoms with Gasteiger partial charge >= 0.3 is 6.18 Å². The van der Waals surface area contributed by atoms with Gasteiger partial charge in [-0.3, -0.25) is 5.43 Å². The number of rotatable bonds is 5. The standard InChI is InChI=1S/C18H15ClF3N3OS/c1-26-16-7-3-2-5-12(16)6-4-10-23-25-17(27)24-15-11-13(18(20,21)22)8-9-14(15)19/h2-11H,1H3,(H2,24,25,27)/b6-4+,23-10+. The van der Waals surface area contributed by atoms with Crippen molar-refractivity contribution in [3.8, 4) is 5.75 Å². The Morgan fingerprint density at radius 3 is 2.67 bits per heavy atom. The summed E-state index contributed by atoms with van der Waals surface area (Å²) >= 11 is 10.9. The van der Waals surface area contributed by atoms with Gasteiger partial charge < -0.3 is 10.1 Å². The van der Waals surface area contributed by atoms with Gasteiger partial charge in [0.1, 0.15) is 5.75 Å². The van der Waals surface area contributed by atoms with Gasteiger partial charge in [0.25, 0.3) is 0 Å². The van der Waals surface area contributed by atoms with E-state index in [2.05, 4.69) is 15.8 Å². The molecule has 0 aliphatic rings. The van der Waals surface area contributed by atoms with Crippen LogP contribution in [0.3, 0.4) is 0 Å². The minimum atomic E-state index is -4.47. The maximum atomic E-state index is 12.8. The maximum Gasteiger partial charge on any atom is 0.416 e. The van der Waals surface area contributed by atoms with Gasteiger partial charge in [0.15, 0.2) is 5.11 Å². The molecular formula is C18H15ClF3N3OS. The van der Waals surface area contributed by atoms with Crippen LogP contribution in [0.5, 0.6) is 5.75 Å². The third-order valence-corrected chi connectivity index (χ3v) is 3.81. The van der Waals surface area contributed by atoms with Gasteiger partial charge in [-0.2, -0.15) is 18.3 Å². The first kappa shape index (κ1) is 20.7. The highest BCUT2D eigenvalue weighted by molar-refractivity contribution is 7.80. The first-order valence-corrected chi connectivity index (χ1v) is 8.36. The number of para-hydroxylation sites is 1. The van der Waals surface area contributed by atoms with Crippen LogP contribution in [-0.4, -0.2) is 18.4 Å². The van der Waals surface area contributed by atoms with Crippen LogP contribution in [0.2, 0.25) is 5.02 Å². The minimum absolute atomic E-state index is 0.00170. The topological polar surface area (TPSA) is 45.6 Å². The molecule has 0 saturated heterocycles. The quantitative estimate of drug-likeness (QED) is 0.394. The van der Waals surface area contributed by atoms with Crippen LogP contribution in [-0.2, 0) is 6.18 Å². The molecule has 142 valence electrons.